The topological polar surface area (TPSA) is 75.6 Å². The standard InChI is InChI=1S/C26H37NO6/c1-7-9-10-11-12-13-14-19(27-33-23(28)8-2)18-17-22(31-5)24-20(29-3)15-16-21(30-4)25(24)26(18)32-6/h15-17H,7-14H2,1-6H3. The molecule has 0 unspecified atom stereocenters. The summed E-state index contributed by atoms with van der Waals surface area (Å²) in [5, 5.41) is 5.70. The SMILES string of the molecule is CCCCCCCCC(=NOC(=O)CC)c1cc(OC)c2c(OC)ccc(OC)c2c1OC. The smallest absolute Gasteiger partial charge is 0.334 e. The normalized spacial score (nSPS) is 11.4. The lowest BCUT2D eigenvalue weighted by molar-refractivity contribution is -0.143. The van der Waals surface area contributed by atoms with Crippen molar-refractivity contribution in [3.63, 3.8) is 0 Å². The second-order valence-corrected chi connectivity index (χ2v) is 7.75. The van der Waals surface area contributed by atoms with Gasteiger partial charge < -0.3 is 23.8 Å². The molecule has 0 saturated carbocycles. The highest BCUT2D eigenvalue weighted by Gasteiger charge is 2.23. The zero-order valence-electron chi connectivity index (χ0n) is 20.8. The average Bonchev–Trinajstić information content (AvgIpc) is 2.85. The molecule has 0 aliphatic carbocycles. The number of carbonyl (C=O) groups excluding carboxylic acids is 1. The van der Waals surface area contributed by atoms with Gasteiger partial charge in [-0.2, -0.15) is 0 Å². The maximum Gasteiger partial charge on any atom is 0.334 e. The van der Waals surface area contributed by atoms with E-state index in [0.29, 0.717) is 46.1 Å². The van der Waals surface area contributed by atoms with E-state index in [1.807, 2.05) is 18.2 Å². The van der Waals surface area contributed by atoms with E-state index in [-0.39, 0.29) is 12.4 Å². The summed E-state index contributed by atoms with van der Waals surface area (Å²) in [4.78, 5) is 17.0. The molecule has 7 nitrogen and oxygen atoms in total. The molecular weight excluding hydrogens is 422 g/mol. The third-order valence-corrected chi connectivity index (χ3v) is 5.61. The number of unbranched alkanes of at least 4 members (excludes halogenated alkanes) is 5. The number of oxime groups is 1. The molecule has 0 fully saturated rings. The number of rotatable bonds is 14. The summed E-state index contributed by atoms with van der Waals surface area (Å²) >= 11 is 0. The van der Waals surface area contributed by atoms with Crippen LogP contribution in [0.15, 0.2) is 23.4 Å². The number of fused-ring (bicyclic) bond motifs is 1. The maximum absolute atomic E-state index is 11.8. The molecule has 0 aliphatic rings. The first-order chi connectivity index (χ1) is 16.1. The molecule has 33 heavy (non-hydrogen) atoms. The minimum absolute atomic E-state index is 0.247. The Balaban J connectivity index is 2.60. The first-order valence-electron chi connectivity index (χ1n) is 11.6. The van der Waals surface area contributed by atoms with Crippen molar-refractivity contribution in [1.82, 2.24) is 0 Å². The Labute approximate surface area is 197 Å². The minimum Gasteiger partial charge on any atom is -0.496 e. The molecule has 182 valence electrons. The molecule has 2 rings (SSSR count). The van der Waals surface area contributed by atoms with E-state index in [1.54, 1.807) is 35.4 Å². The number of benzene rings is 2. The van der Waals surface area contributed by atoms with Gasteiger partial charge in [-0.05, 0) is 31.0 Å². The van der Waals surface area contributed by atoms with Crippen LogP contribution in [0.25, 0.3) is 10.8 Å². The van der Waals surface area contributed by atoms with Gasteiger partial charge in [0.1, 0.15) is 23.0 Å². The molecule has 0 amide bonds. The molecule has 2 aromatic rings. The minimum atomic E-state index is -0.388. The van der Waals surface area contributed by atoms with Crippen LogP contribution in [0.4, 0.5) is 0 Å². The van der Waals surface area contributed by atoms with E-state index in [4.69, 9.17) is 23.8 Å². The number of ether oxygens (including phenoxy) is 4. The summed E-state index contributed by atoms with van der Waals surface area (Å²) in [5.74, 6) is 2.03. The summed E-state index contributed by atoms with van der Waals surface area (Å²) in [6, 6.07) is 5.52. The third kappa shape index (κ3) is 6.53. The molecule has 0 spiro atoms. The van der Waals surface area contributed by atoms with Gasteiger partial charge in [-0.3, -0.25) is 0 Å². The van der Waals surface area contributed by atoms with Crippen LogP contribution in [-0.4, -0.2) is 40.1 Å². The molecule has 0 bridgehead atoms. The Bertz CT molecular complexity index is 954. The predicted molar refractivity (Wildman–Crippen MR) is 131 cm³/mol. The molecular formula is C26H37NO6. The van der Waals surface area contributed by atoms with E-state index in [1.165, 1.54) is 25.7 Å². The lowest BCUT2D eigenvalue weighted by atomic mass is 9.96. The summed E-state index contributed by atoms with van der Waals surface area (Å²) in [5.41, 5.74) is 1.33. The van der Waals surface area contributed by atoms with Gasteiger partial charge in [-0.1, -0.05) is 51.1 Å². The lowest BCUT2D eigenvalue weighted by Crippen LogP contribution is -2.09. The van der Waals surface area contributed by atoms with Crippen LogP contribution in [0, 0.1) is 0 Å². The Morgan fingerprint density at radius 1 is 0.788 bits per heavy atom. The molecule has 0 atom stereocenters. The molecule has 0 radical (unpaired) electrons. The van der Waals surface area contributed by atoms with Crippen molar-refractivity contribution in [3.8, 4) is 23.0 Å². The van der Waals surface area contributed by atoms with Crippen molar-refractivity contribution < 1.29 is 28.6 Å². The molecule has 0 aliphatic heterocycles. The number of methoxy groups -OCH3 is 4. The number of hydrogen-bond donors (Lipinski definition) is 0. The number of nitrogens with zero attached hydrogens (tertiary/aromatic N) is 1. The Morgan fingerprint density at radius 2 is 1.39 bits per heavy atom. The quantitative estimate of drug-likeness (QED) is 0.143. The van der Waals surface area contributed by atoms with Crippen molar-refractivity contribution in [1.29, 1.82) is 0 Å². The van der Waals surface area contributed by atoms with E-state index in [9.17, 15) is 4.79 Å². The van der Waals surface area contributed by atoms with Crippen molar-refractivity contribution in [2.75, 3.05) is 28.4 Å². The number of carbonyl (C=O) groups is 1. The highest BCUT2D eigenvalue weighted by atomic mass is 16.7. The molecule has 2 aromatic carbocycles. The monoisotopic (exact) mass is 459 g/mol. The van der Waals surface area contributed by atoms with Crippen LogP contribution in [0.3, 0.4) is 0 Å². The summed E-state index contributed by atoms with van der Waals surface area (Å²) in [6.45, 7) is 3.94. The lowest BCUT2D eigenvalue weighted by Gasteiger charge is -2.19. The fraction of sp³-hybridized carbons (Fsp3) is 0.538. The van der Waals surface area contributed by atoms with Gasteiger partial charge in [0.05, 0.1) is 44.9 Å². The Morgan fingerprint density at radius 3 is 1.97 bits per heavy atom. The van der Waals surface area contributed by atoms with Gasteiger partial charge in [0.15, 0.2) is 0 Å². The fourth-order valence-corrected chi connectivity index (χ4v) is 3.84. The van der Waals surface area contributed by atoms with Crippen molar-refractivity contribution in [2.45, 2.75) is 65.2 Å². The van der Waals surface area contributed by atoms with Gasteiger partial charge in [-0.15, -0.1) is 0 Å². The van der Waals surface area contributed by atoms with Gasteiger partial charge in [0.25, 0.3) is 0 Å². The highest BCUT2D eigenvalue weighted by Crippen LogP contribution is 2.46. The Kier molecular flexibility index (Phi) is 10.8. The van der Waals surface area contributed by atoms with Crippen molar-refractivity contribution >= 4 is 22.5 Å². The van der Waals surface area contributed by atoms with E-state index < -0.39 is 0 Å². The third-order valence-electron chi connectivity index (χ3n) is 5.61. The second-order valence-electron chi connectivity index (χ2n) is 7.75. The average molecular weight is 460 g/mol. The summed E-state index contributed by atoms with van der Waals surface area (Å²) < 4.78 is 22.8. The van der Waals surface area contributed by atoms with E-state index in [0.717, 1.165) is 18.2 Å². The molecule has 7 heteroatoms. The zero-order chi connectivity index (χ0) is 24.2. The van der Waals surface area contributed by atoms with Crippen LogP contribution >= 0.6 is 0 Å². The van der Waals surface area contributed by atoms with Crippen LogP contribution in [0.1, 0.15) is 70.8 Å². The maximum atomic E-state index is 11.8. The second kappa shape index (κ2) is 13.6. The molecule has 0 saturated heterocycles. The van der Waals surface area contributed by atoms with Gasteiger partial charge in [0.2, 0.25) is 0 Å². The fourth-order valence-electron chi connectivity index (χ4n) is 3.84. The Hall–Kier alpha value is -2.96. The first kappa shape index (κ1) is 26.3. The molecule has 0 aromatic heterocycles. The van der Waals surface area contributed by atoms with Gasteiger partial charge in [-0.25, -0.2) is 4.79 Å². The summed E-state index contributed by atoms with van der Waals surface area (Å²) in [6.07, 6.45) is 7.72. The van der Waals surface area contributed by atoms with Crippen LogP contribution < -0.4 is 18.9 Å². The first-order valence-corrected chi connectivity index (χ1v) is 11.6. The van der Waals surface area contributed by atoms with E-state index in [2.05, 4.69) is 12.1 Å². The number of hydrogen-bond acceptors (Lipinski definition) is 7. The van der Waals surface area contributed by atoms with Gasteiger partial charge >= 0.3 is 5.97 Å². The van der Waals surface area contributed by atoms with Crippen molar-refractivity contribution in [2.24, 2.45) is 5.16 Å². The highest BCUT2D eigenvalue weighted by molar-refractivity contribution is 6.12. The predicted octanol–water partition coefficient (Wildman–Crippen LogP) is 6.28. The molecule has 0 N–H and O–H groups in total. The van der Waals surface area contributed by atoms with Crippen molar-refractivity contribution in [3.05, 3.63) is 23.8 Å². The molecule has 0 heterocycles. The zero-order valence-corrected chi connectivity index (χ0v) is 20.8. The van der Waals surface area contributed by atoms with E-state index >= 15 is 0 Å². The van der Waals surface area contributed by atoms with Crippen LogP contribution in [-0.2, 0) is 9.63 Å². The van der Waals surface area contributed by atoms with Gasteiger partial charge in [0, 0.05) is 12.0 Å². The summed E-state index contributed by atoms with van der Waals surface area (Å²) in [7, 11) is 6.42. The largest absolute Gasteiger partial charge is 0.496 e. The van der Waals surface area contributed by atoms with Crippen LogP contribution in [0.5, 0.6) is 23.0 Å². The van der Waals surface area contributed by atoms with Crippen LogP contribution in [0.2, 0.25) is 0 Å².